The Hall–Kier alpha value is -1.07. The van der Waals surface area contributed by atoms with Gasteiger partial charge < -0.3 is 9.47 Å². The van der Waals surface area contributed by atoms with Crippen molar-refractivity contribution in [1.82, 2.24) is 0 Å². The molecule has 1 aromatic carbocycles. The molecule has 0 unspecified atom stereocenters. The molecule has 0 amide bonds. The van der Waals surface area contributed by atoms with Gasteiger partial charge in [0.25, 0.3) is 0 Å². The largest absolute Gasteiger partial charge is 0.352 e. The molecule has 2 saturated carbocycles. The van der Waals surface area contributed by atoms with Gasteiger partial charge in [-0.2, -0.15) is 0 Å². The van der Waals surface area contributed by atoms with Crippen LogP contribution in [0.3, 0.4) is 0 Å². The first-order valence-corrected chi connectivity index (χ1v) is 11.9. The highest BCUT2D eigenvalue weighted by molar-refractivity contribution is 5.23. The van der Waals surface area contributed by atoms with Crippen molar-refractivity contribution in [2.75, 3.05) is 13.2 Å². The second-order valence-electron chi connectivity index (χ2n) is 9.77. The van der Waals surface area contributed by atoms with Crippen molar-refractivity contribution in [3.63, 3.8) is 0 Å². The van der Waals surface area contributed by atoms with E-state index in [1.807, 2.05) is 0 Å². The van der Waals surface area contributed by atoms with Crippen LogP contribution in [-0.2, 0) is 9.47 Å². The minimum absolute atomic E-state index is 0.0157. The molecule has 1 aliphatic heterocycles. The van der Waals surface area contributed by atoms with Crippen LogP contribution < -0.4 is 0 Å². The number of benzene rings is 1. The average molecular weight is 425 g/mol. The van der Waals surface area contributed by atoms with E-state index in [1.54, 1.807) is 0 Å². The molecule has 0 radical (unpaired) electrons. The zero-order chi connectivity index (χ0) is 21.1. The Morgan fingerprint density at radius 1 is 0.767 bits per heavy atom. The molecule has 0 N–H and O–H groups in total. The highest BCUT2D eigenvalue weighted by Crippen LogP contribution is 2.45. The topological polar surface area (TPSA) is 18.5 Å². The lowest BCUT2D eigenvalue weighted by Crippen LogP contribution is -2.39. The number of halogens is 3. The maximum absolute atomic E-state index is 13.6. The lowest BCUT2D eigenvalue weighted by Gasteiger charge is -2.41. The van der Waals surface area contributed by atoms with E-state index >= 15 is 0 Å². The summed E-state index contributed by atoms with van der Waals surface area (Å²) in [5.41, 5.74) is 0.613. The van der Waals surface area contributed by atoms with E-state index in [9.17, 15) is 13.2 Å². The minimum Gasteiger partial charge on any atom is -0.352 e. The van der Waals surface area contributed by atoms with Gasteiger partial charge >= 0.3 is 0 Å². The van der Waals surface area contributed by atoms with Gasteiger partial charge in [0, 0.05) is 11.8 Å². The maximum Gasteiger partial charge on any atom is 0.194 e. The Bertz CT molecular complexity index is 663. The van der Waals surface area contributed by atoms with Gasteiger partial charge in [0.2, 0.25) is 0 Å². The highest BCUT2D eigenvalue weighted by Gasteiger charge is 2.36. The molecule has 0 spiro atoms. The molecule has 3 fully saturated rings. The lowest BCUT2D eigenvalue weighted by atomic mass is 9.68. The fraction of sp³-hybridized carbons (Fsp3) is 0.760. The van der Waals surface area contributed by atoms with Crippen LogP contribution in [0.15, 0.2) is 12.1 Å². The number of hydrogen-bond donors (Lipinski definition) is 0. The van der Waals surface area contributed by atoms with Crippen LogP contribution in [0.5, 0.6) is 0 Å². The van der Waals surface area contributed by atoms with Crippen LogP contribution in [0.4, 0.5) is 13.2 Å². The predicted molar refractivity (Wildman–Crippen MR) is 111 cm³/mol. The summed E-state index contributed by atoms with van der Waals surface area (Å²) in [4.78, 5) is 0. The van der Waals surface area contributed by atoms with Crippen LogP contribution in [0, 0.1) is 41.1 Å². The molecule has 30 heavy (non-hydrogen) atoms. The summed E-state index contributed by atoms with van der Waals surface area (Å²) in [7, 11) is 0. The van der Waals surface area contributed by atoms with Crippen molar-refractivity contribution < 1.29 is 22.6 Å². The first-order chi connectivity index (χ1) is 14.5. The van der Waals surface area contributed by atoms with E-state index in [0.29, 0.717) is 23.3 Å². The fourth-order valence-corrected chi connectivity index (χ4v) is 6.03. The molecule has 3 aliphatic rings. The number of rotatable bonds is 5. The van der Waals surface area contributed by atoms with Crippen molar-refractivity contribution >= 4 is 0 Å². The molecule has 0 bridgehead atoms. The molecular weight excluding hydrogens is 389 g/mol. The molecular formula is C25H35F3O2. The number of ether oxygens (including phenoxy) is 2. The molecule has 168 valence electrons. The zero-order valence-corrected chi connectivity index (χ0v) is 18.1. The van der Waals surface area contributed by atoms with Crippen molar-refractivity contribution in [2.24, 2.45) is 23.7 Å². The summed E-state index contributed by atoms with van der Waals surface area (Å²) in [5, 5.41) is 0. The summed E-state index contributed by atoms with van der Waals surface area (Å²) >= 11 is 0. The summed E-state index contributed by atoms with van der Waals surface area (Å²) in [6, 6.07) is 2.37. The van der Waals surface area contributed by atoms with Gasteiger partial charge in [-0.15, -0.1) is 0 Å². The van der Waals surface area contributed by atoms with E-state index in [4.69, 9.17) is 9.47 Å². The van der Waals surface area contributed by atoms with Gasteiger partial charge in [-0.3, -0.25) is 0 Å². The Morgan fingerprint density at radius 2 is 1.27 bits per heavy atom. The molecule has 2 aliphatic carbocycles. The monoisotopic (exact) mass is 424 g/mol. The minimum atomic E-state index is -1.36. The van der Waals surface area contributed by atoms with Crippen molar-refractivity contribution in [3.05, 3.63) is 35.1 Å². The highest BCUT2D eigenvalue weighted by atomic mass is 19.2. The second-order valence-corrected chi connectivity index (χ2v) is 9.77. The van der Waals surface area contributed by atoms with E-state index < -0.39 is 17.5 Å². The Balaban J connectivity index is 1.22. The third-order valence-electron chi connectivity index (χ3n) is 7.81. The first kappa shape index (κ1) is 22.1. The molecule has 5 heteroatoms. The van der Waals surface area contributed by atoms with Gasteiger partial charge in [-0.1, -0.05) is 13.3 Å². The van der Waals surface area contributed by atoms with Crippen LogP contribution in [0.25, 0.3) is 0 Å². The lowest BCUT2D eigenvalue weighted by molar-refractivity contribution is -0.230. The van der Waals surface area contributed by atoms with Crippen LogP contribution in [0.2, 0.25) is 0 Å². The van der Waals surface area contributed by atoms with Crippen LogP contribution in [0.1, 0.15) is 82.6 Å². The van der Waals surface area contributed by atoms with Gasteiger partial charge in [0.1, 0.15) is 0 Å². The first-order valence-electron chi connectivity index (χ1n) is 11.9. The van der Waals surface area contributed by atoms with Crippen molar-refractivity contribution in [3.8, 4) is 0 Å². The number of hydrogen-bond acceptors (Lipinski definition) is 2. The quantitative estimate of drug-likeness (QED) is 0.475. The van der Waals surface area contributed by atoms with E-state index in [-0.39, 0.29) is 12.2 Å². The van der Waals surface area contributed by atoms with Crippen molar-refractivity contribution in [2.45, 2.75) is 83.3 Å². The molecule has 1 aromatic rings. The van der Waals surface area contributed by atoms with Gasteiger partial charge in [-0.25, -0.2) is 13.2 Å². The van der Waals surface area contributed by atoms with Gasteiger partial charge in [-0.05, 0) is 93.2 Å². The van der Waals surface area contributed by atoms with E-state index in [2.05, 4.69) is 6.92 Å². The fourth-order valence-electron chi connectivity index (χ4n) is 6.03. The standard InChI is InChI=1S/C25H35F3O2/c1-2-3-16-14-29-25(30-15-16)20-10-8-18(9-11-20)17-4-6-19(7-5-17)21-12-22(26)24(28)23(27)13-21/h12-13,16-20,25H,2-11,14-15H2,1H3. The Labute approximate surface area is 178 Å². The maximum atomic E-state index is 13.6. The molecule has 1 saturated heterocycles. The predicted octanol–water partition coefficient (Wildman–Crippen LogP) is 6.97. The van der Waals surface area contributed by atoms with Crippen LogP contribution >= 0.6 is 0 Å². The smallest absolute Gasteiger partial charge is 0.194 e. The van der Waals surface area contributed by atoms with Gasteiger partial charge in [0.05, 0.1) is 13.2 Å². The van der Waals surface area contributed by atoms with E-state index in [1.165, 1.54) is 50.7 Å². The second kappa shape index (κ2) is 10.0. The van der Waals surface area contributed by atoms with E-state index in [0.717, 1.165) is 44.8 Å². The molecule has 4 rings (SSSR count). The Kier molecular flexibility index (Phi) is 7.40. The third-order valence-corrected chi connectivity index (χ3v) is 7.81. The summed E-state index contributed by atoms with van der Waals surface area (Å²) in [6.45, 7) is 3.89. The average Bonchev–Trinajstić information content (AvgIpc) is 2.78. The summed E-state index contributed by atoms with van der Waals surface area (Å²) < 4.78 is 52.5. The Morgan fingerprint density at radius 3 is 1.80 bits per heavy atom. The third kappa shape index (κ3) is 5.04. The normalized spacial score (nSPS) is 35.3. The molecule has 2 nitrogen and oxygen atoms in total. The zero-order valence-electron chi connectivity index (χ0n) is 18.1. The summed E-state index contributed by atoms with van der Waals surface area (Å²) in [5.74, 6) is -0.860. The molecule has 1 heterocycles. The van der Waals surface area contributed by atoms with Gasteiger partial charge in [0.15, 0.2) is 23.7 Å². The molecule has 0 aromatic heterocycles. The SMILES string of the molecule is CCCC1COC(C2CCC(C3CCC(c4cc(F)c(F)c(F)c4)CC3)CC2)OC1. The summed E-state index contributed by atoms with van der Waals surface area (Å²) in [6.07, 6.45) is 11.2. The molecule has 0 atom stereocenters. The van der Waals surface area contributed by atoms with Crippen LogP contribution in [-0.4, -0.2) is 19.5 Å². The van der Waals surface area contributed by atoms with Crippen molar-refractivity contribution in [1.29, 1.82) is 0 Å².